The summed E-state index contributed by atoms with van der Waals surface area (Å²) in [5.74, 6) is -0.879. The second-order valence-electron chi connectivity index (χ2n) is 4.41. The Hall–Kier alpha value is -1.36. The van der Waals surface area contributed by atoms with Crippen molar-refractivity contribution < 1.29 is 9.90 Å². The molecule has 1 rings (SSSR count). The second kappa shape index (κ2) is 5.12. The highest BCUT2D eigenvalue weighted by Gasteiger charge is 2.24. The van der Waals surface area contributed by atoms with Crippen LogP contribution in [-0.2, 0) is 4.79 Å². The second-order valence-corrected chi connectivity index (χ2v) is 4.41. The number of nitrogens with zero attached hydrogens (tertiary/aromatic N) is 2. The lowest BCUT2D eigenvalue weighted by atomic mass is 10.2. The molecule has 1 atom stereocenters. The monoisotopic (exact) mass is 225 g/mol. The Morgan fingerprint density at radius 2 is 2.06 bits per heavy atom. The summed E-state index contributed by atoms with van der Waals surface area (Å²) in [5.41, 5.74) is 0.691. The number of carbonyl (C=O) groups is 1. The van der Waals surface area contributed by atoms with Crippen molar-refractivity contribution in [1.29, 1.82) is 0 Å². The molecule has 2 N–H and O–H groups in total. The van der Waals surface area contributed by atoms with E-state index < -0.39 is 12.0 Å². The molecular formula is C11H19N3O2. The van der Waals surface area contributed by atoms with Gasteiger partial charge in [0.25, 0.3) is 0 Å². The predicted octanol–water partition coefficient (Wildman–Crippen LogP) is 1.59. The molecule has 0 radical (unpaired) electrons. The van der Waals surface area contributed by atoms with E-state index in [4.69, 9.17) is 0 Å². The number of hydrogen-bond acceptors (Lipinski definition) is 3. The first-order chi connectivity index (χ1) is 7.43. The average Bonchev–Trinajstić information content (AvgIpc) is 2.61. The van der Waals surface area contributed by atoms with Crippen molar-refractivity contribution in [2.75, 3.05) is 0 Å². The molecule has 16 heavy (non-hydrogen) atoms. The first kappa shape index (κ1) is 12.7. The summed E-state index contributed by atoms with van der Waals surface area (Å²) in [6.45, 7) is 7.84. The maximum atomic E-state index is 11.2. The van der Waals surface area contributed by atoms with Crippen LogP contribution in [0, 0.1) is 0 Å². The molecule has 1 heterocycles. The third-order valence-electron chi connectivity index (χ3n) is 2.30. The van der Waals surface area contributed by atoms with Gasteiger partial charge in [-0.1, -0.05) is 0 Å². The summed E-state index contributed by atoms with van der Waals surface area (Å²) >= 11 is 0. The van der Waals surface area contributed by atoms with Gasteiger partial charge in [-0.15, -0.1) is 0 Å². The van der Waals surface area contributed by atoms with Crippen molar-refractivity contribution >= 4 is 5.97 Å². The Kier molecular flexibility index (Phi) is 4.06. The average molecular weight is 225 g/mol. The number of rotatable bonds is 5. The van der Waals surface area contributed by atoms with Crippen LogP contribution in [0.2, 0.25) is 0 Å². The maximum Gasteiger partial charge on any atom is 0.326 e. The molecule has 0 saturated carbocycles. The third-order valence-corrected chi connectivity index (χ3v) is 2.30. The van der Waals surface area contributed by atoms with Crippen LogP contribution in [0.1, 0.15) is 45.5 Å². The molecular weight excluding hydrogens is 206 g/mol. The van der Waals surface area contributed by atoms with E-state index in [1.807, 2.05) is 32.3 Å². The zero-order valence-corrected chi connectivity index (χ0v) is 10.1. The van der Waals surface area contributed by atoms with Gasteiger partial charge in [0.2, 0.25) is 0 Å². The zero-order valence-electron chi connectivity index (χ0n) is 10.1. The van der Waals surface area contributed by atoms with Crippen LogP contribution in [-0.4, -0.2) is 26.7 Å². The third kappa shape index (κ3) is 2.82. The number of carboxylic acids is 1. The van der Waals surface area contributed by atoms with Crippen molar-refractivity contribution in [3.8, 4) is 0 Å². The zero-order chi connectivity index (χ0) is 12.3. The Morgan fingerprint density at radius 1 is 1.44 bits per heavy atom. The molecule has 0 aliphatic rings. The van der Waals surface area contributed by atoms with E-state index in [2.05, 4.69) is 10.3 Å². The molecule has 0 aliphatic heterocycles. The number of hydrogen-bond donors (Lipinski definition) is 2. The number of imidazole rings is 1. The van der Waals surface area contributed by atoms with Crippen molar-refractivity contribution in [3.05, 3.63) is 18.2 Å². The van der Waals surface area contributed by atoms with Gasteiger partial charge in [-0.25, -0.2) is 4.98 Å². The number of aliphatic carboxylic acids is 1. The molecule has 1 aromatic heterocycles. The number of aromatic nitrogens is 2. The molecule has 0 fully saturated rings. The minimum Gasteiger partial charge on any atom is -0.480 e. The van der Waals surface area contributed by atoms with Crippen LogP contribution in [0.25, 0.3) is 0 Å². The molecule has 0 aromatic carbocycles. The van der Waals surface area contributed by atoms with Crippen molar-refractivity contribution in [2.24, 2.45) is 0 Å². The fourth-order valence-electron chi connectivity index (χ4n) is 1.59. The number of carboxylic acid groups (broad SMARTS) is 1. The van der Waals surface area contributed by atoms with E-state index in [-0.39, 0.29) is 12.1 Å². The van der Waals surface area contributed by atoms with Crippen molar-refractivity contribution in [1.82, 2.24) is 14.9 Å². The SMILES string of the molecule is CC(C)NC(C(=O)O)c1cncn1C(C)C. The van der Waals surface area contributed by atoms with Crippen LogP contribution in [0.15, 0.2) is 12.5 Å². The van der Waals surface area contributed by atoms with E-state index in [1.165, 1.54) is 0 Å². The summed E-state index contributed by atoms with van der Waals surface area (Å²) in [6, 6.07) is -0.394. The summed E-state index contributed by atoms with van der Waals surface area (Å²) in [4.78, 5) is 15.2. The highest BCUT2D eigenvalue weighted by atomic mass is 16.4. The van der Waals surface area contributed by atoms with E-state index in [0.29, 0.717) is 5.69 Å². The first-order valence-electron chi connectivity index (χ1n) is 5.44. The molecule has 0 aliphatic carbocycles. The van der Waals surface area contributed by atoms with Gasteiger partial charge < -0.3 is 9.67 Å². The van der Waals surface area contributed by atoms with Gasteiger partial charge in [0.1, 0.15) is 6.04 Å². The van der Waals surface area contributed by atoms with Crippen LogP contribution >= 0.6 is 0 Å². The Morgan fingerprint density at radius 3 is 2.50 bits per heavy atom. The van der Waals surface area contributed by atoms with Crippen LogP contribution < -0.4 is 5.32 Å². The Labute approximate surface area is 95.5 Å². The highest BCUT2D eigenvalue weighted by molar-refractivity contribution is 5.74. The molecule has 0 amide bonds. The minimum atomic E-state index is -0.879. The van der Waals surface area contributed by atoms with Gasteiger partial charge in [-0.3, -0.25) is 10.1 Å². The van der Waals surface area contributed by atoms with Crippen LogP contribution in [0.5, 0.6) is 0 Å². The Bertz CT molecular complexity index is 358. The maximum absolute atomic E-state index is 11.2. The van der Waals surface area contributed by atoms with E-state index in [1.54, 1.807) is 12.5 Å². The molecule has 5 heteroatoms. The van der Waals surface area contributed by atoms with Gasteiger partial charge in [-0.2, -0.15) is 0 Å². The fourth-order valence-corrected chi connectivity index (χ4v) is 1.59. The van der Waals surface area contributed by atoms with Gasteiger partial charge >= 0.3 is 5.97 Å². The predicted molar refractivity (Wildman–Crippen MR) is 61.3 cm³/mol. The highest BCUT2D eigenvalue weighted by Crippen LogP contribution is 2.17. The molecule has 90 valence electrons. The smallest absolute Gasteiger partial charge is 0.326 e. The Balaban J connectivity index is 3.01. The van der Waals surface area contributed by atoms with Crippen molar-refractivity contribution in [2.45, 2.75) is 45.8 Å². The summed E-state index contributed by atoms with van der Waals surface area (Å²) < 4.78 is 1.87. The van der Waals surface area contributed by atoms with E-state index in [0.717, 1.165) is 0 Å². The van der Waals surface area contributed by atoms with Crippen LogP contribution in [0.4, 0.5) is 0 Å². The lowest BCUT2D eigenvalue weighted by Crippen LogP contribution is -2.35. The lowest BCUT2D eigenvalue weighted by molar-refractivity contribution is -0.140. The van der Waals surface area contributed by atoms with Gasteiger partial charge in [0, 0.05) is 12.1 Å². The minimum absolute atomic E-state index is 0.108. The molecule has 0 spiro atoms. The molecule has 5 nitrogen and oxygen atoms in total. The first-order valence-corrected chi connectivity index (χ1v) is 5.44. The van der Waals surface area contributed by atoms with E-state index >= 15 is 0 Å². The van der Waals surface area contributed by atoms with Gasteiger partial charge in [0.15, 0.2) is 0 Å². The quantitative estimate of drug-likeness (QED) is 0.798. The molecule has 0 saturated heterocycles. The van der Waals surface area contributed by atoms with Crippen LogP contribution in [0.3, 0.4) is 0 Å². The standard InChI is InChI=1S/C11H19N3O2/c1-7(2)13-10(11(15)16)9-5-12-6-14(9)8(3)4/h5-8,10,13H,1-4H3,(H,15,16). The van der Waals surface area contributed by atoms with E-state index in [9.17, 15) is 9.90 Å². The summed E-state index contributed by atoms with van der Waals surface area (Å²) in [7, 11) is 0. The summed E-state index contributed by atoms with van der Waals surface area (Å²) in [5, 5.41) is 12.2. The topological polar surface area (TPSA) is 67.2 Å². The fraction of sp³-hybridized carbons (Fsp3) is 0.636. The normalized spacial score (nSPS) is 13.4. The molecule has 1 aromatic rings. The largest absolute Gasteiger partial charge is 0.480 e. The van der Waals surface area contributed by atoms with Crippen molar-refractivity contribution in [3.63, 3.8) is 0 Å². The lowest BCUT2D eigenvalue weighted by Gasteiger charge is -2.20. The molecule has 1 unspecified atom stereocenters. The van der Waals surface area contributed by atoms with Gasteiger partial charge in [-0.05, 0) is 27.7 Å². The molecule has 0 bridgehead atoms. The number of nitrogens with one attached hydrogen (secondary N) is 1. The van der Waals surface area contributed by atoms with Gasteiger partial charge in [0.05, 0.1) is 18.2 Å². The summed E-state index contributed by atoms with van der Waals surface area (Å²) in [6.07, 6.45) is 3.27.